The second-order valence-corrected chi connectivity index (χ2v) is 5.32. The van der Waals surface area contributed by atoms with Gasteiger partial charge in [0.15, 0.2) is 0 Å². The lowest BCUT2D eigenvalue weighted by Gasteiger charge is -2.22. The molecule has 0 aliphatic carbocycles. The molecule has 0 bridgehead atoms. The van der Waals surface area contributed by atoms with E-state index in [1.54, 1.807) is 0 Å². The van der Waals surface area contributed by atoms with Crippen molar-refractivity contribution < 1.29 is 22.5 Å². The molecule has 0 N–H and O–H groups in total. The van der Waals surface area contributed by atoms with E-state index in [0.717, 1.165) is 25.5 Å². The number of aryl methyl sites for hydroxylation is 1. The number of carbonyl (C=O) groups is 1. The number of nitrogens with zero attached hydrogens (tertiary/aromatic N) is 3. The molecule has 130 valence electrons. The molecule has 0 radical (unpaired) electrons. The first-order chi connectivity index (χ1) is 11.4. The van der Waals surface area contributed by atoms with E-state index in [-0.39, 0.29) is 16.0 Å². The second kappa shape index (κ2) is 7.94. The average molecular weight is 341 g/mol. The number of pyridine rings is 1. The molecule has 0 aliphatic rings. The standard InChI is InChI=1S/C16H18F3N3O2/c1-2-3-4-5-7-13-11-21-24-15(13)22(16(17,18)19)14(23)12-8-6-9-20-10-12/h6,8-11H,2-5,7H2,1H3. The molecule has 2 rings (SSSR count). The molecule has 0 unspecified atom stereocenters. The minimum atomic E-state index is -4.93. The predicted molar refractivity (Wildman–Crippen MR) is 81.5 cm³/mol. The first kappa shape index (κ1) is 18.0. The Morgan fingerprint density at radius 2 is 2.04 bits per heavy atom. The monoisotopic (exact) mass is 341 g/mol. The van der Waals surface area contributed by atoms with Crippen LogP contribution in [-0.2, 0) is 6.42 Å². The van der Waals surface area contributed by atoms with E-state index < -0.39 is 18.1 Å². The van der Waals surface area contributed by atoms with Crippen LogP contribution in [0, 0.1) is 0 Å². The molecule has 0 atom stereocenters. The summed E-state index contributed by atoms with van der Waals surface area (Å²) in [7, 11) is 0. The Hall–Kier alpha value is -2.38. The Labute approximate surface area is 137 Å². The number of hydrogen-bond acceptors (Lipinski definition) is 4. The Bertz CT molecular complexity index is 656. The number of halogens is 3. The number of unbranched alkanes of at least 4 members (excludes halogenated alkanes) is 3. The topological polar surface area (TPSA) is 59.2 Å². The van der Waals surface area contributed by atoms with Crippen molar-refractivity contribution in [2.75, 3.05) is 4.90 Å². The first-order valence-electron chi connectivity index (χ1n) is 7.70. The van der Waals surface area contributed by atoms with E-state index in [9.17, 15) is 18.0 Å². The largest absolute Gasteiger partial charge is 0.494 e. The van der Waals surface area contributed by atoms with Crippen molar-refractivity contribution in [1.82, 2.24) is 10.1 Å². The summed E-state index contributed by atoms with van der Waals surface area (Å²) in [6, 6.07) is 2.67. The quantitative estimate of drug-likeness (QED) is 0.555. The van der Waals surface area contributed by atoms with Crippen LogP contribution in [0.3, 0.4) is 0 Å². The molecule has 0 fully saturated rings. The summed E-state index contributed by atoms with van der Waals surface area (Å²) in [5, 5.41) is 3.45. The van der Waals surface area contributed by atoms with Crippen molar-refractivity contribution in [3.63, 3.8) is 0 Å². The van der Waals surface area contributed by atoms with Gasteiger partial charge in [0.05, 0.1) is 11.8 Å². The van der Waals surface area contributed by atoms with E-state index in [1.807, 2.05) is 6.92 Å². The van der Waals surface area contributed by atoms with E-state index >= 15 is 0 Å². The van der Waals surface area contributed by atoms with E-state index in [1.165, 1.54) is 24.5 Å². The van der Waals surface area contributed by atoms with Gasteiger partial charge < -0.3 is 4.52 Å². The third kappa shape index (κ3) is 4.33. The third-order valence-electron chi connectivity index (χ3n) is 3.49. The molecule has 2 heterocycles. The van der Waals surface area contributed by atoms with Gasteiger partial charge in [-0.25, -0.2) is 0 Å². The Balaban J connectivity index is 2.27. The first-order valence-corrected chi connectivity index (χ1v) is 7.70. The molecule has 5 nitrogen and oxygen atoms in total. The number of carbonyl (C=O) groups excluding carboxylic acids is 1. The highest BCUT2D eigenvalue weighted by molar-refractivity contribution is 6.05. The fraction of sp³-hybridized carbons (Fsp3) is 0.438. The van der Waals surface area contributed by atoms with Gasteiger partial charge in [0, 0.05) is 18.0 Å². The molecule has 1 amide bonds. The van der Waals surface area contributed by atoms with Crippen LogP contribution in [0.1, 0.15) is 48.5 Å². The fourth-order valence-corrected chi connectivity index (χ4v) is 2.29. The highest BCUT2D eigenvalue weighted by Crippen LogP contribution is 2.33. The normalized spacial score (nSPS) is 11.5. The van der Waals surface area contributed by atoms with Gasteiger partial charge in [0.1, 0.15) is 0 Å². The lowest BCUT2D eigenvalue weighted by atomic mass is 10.1. The summed E-state index contributed by atoms with van der Waals surface area (Å²) in [6.07, 6.45) is 2.75. The number of rotatable bonds is 7. The van der Waals surface area contributed by atoms with Gasteiger partial charge in [-0.15, -0.1) is 13.2 Å². The van der Waals surface area contributed by atoms with Crippen molar-refractivity contribution in [3.8, 4) is 0 Å². The van der Waals surface area contributed by atoms with Crippen LogP contribution in [-0.4, -0.2) is 22.3 Å². The van der Waals surface area contributed by atoms with E-state index in [4.69, 9.17) is 4.52 Å². The minimum Gasteiger partial charge on any atom is -0.338 e. The summed E-state index contributed by atoms with van der Waals surface area (Å²) in [5.74, 6) is -1.82. The van der Waals surface area contributed by atoms with E-state index in [2.05, 4.69) is 10.1 Å². The minimum absolute atomic E-state index is 0.178. The number of aromatic nitrogens is 2. The van der Waals surface area contributed by atoms with Crippen molar-refractivity contribution in [3.05, 3.63) is 41.9 Å². The van der Waals surface area contributed by atoms with Crippen LogP contribution in [0.5, 0.6) is 0 Å². The highest BCUT2D eigenvalue weighted by atomic mass is 19.4. The van der Waals surface area contributed by atoms with Crippen molar-refractivity contribution >= 4 is 11.8 Å². The smallest absolute Gasteiger partial charge is 0.338 e. The van der Waals surface area contributed by atoms with Crippen LogP contribution in [0.25, 0.3) is 0 Å². The van der Waals surface area contributed by atoms with Crippen molar-refractivity contribution in [2.45, 2.75) is 45.3 Å². The number of hydrogen-bond donors (Lipinski definition) is 0. The second-order valence-electron chi connectivity index (χ2n) is 5.32. The summed E-state index contributed by atoms with van der Waals surface area (Å²) >= 11 is 0. The molecule has 0 spiro atoms. The zero-order valence-corrected chi connectivity index (χ0v) is 13.2. The van der Waals surface area contributed by atoms with Gasteiger partial charge in [0.25, 0.3) is 5.91 Å². The summed E-state index contributed by atoms with van der Waals surface area (Å²) in [5.41, 5.74) is 0.0869. The maximum atomic E-state index is 13.4. The van der Waals surface area contributed by atoms with Gasteiger partial charge in [-0.3, -0.25) is 9.78 Å². The predicted octanol–water partition coefficient (Wildman–Crippen LogP) is 4.36. The van der Waals surface area contributed by atoms with Crippen LogP contribution in [0.4, 0.5) is 19.1 Å². The molecule has 2 aromatic heterocycles. The SMILES string of the molecule is CCCCCCc1cnoc1N(C(=O)c1cccnc1)C(F)(F)F. The molecule has 2 aromatic rings. The maximum Gasteiger partial charge on any atom is 0.494 e. The molecule has 24 heavy (non-hydrogen) atoms. The van der Waals surface area contributed by atoms with Crippen LogP contribution < -0.4 is 4.90 Å². The van der Waals surface area contributed by atoms with Gasteiger partial charge in [-0.2, -0.15) is 4.90 Å². The molecule has 0 aliphatic heterocycles. The van der Waals surface area contributed by atoms with Crippen LogP contribution in [0.15, 0.2) is 35.2 Å². The average Bonchev–Trinajstić information content (AvgIpc) is 2.99. The van der Waals surface area contributed by atoms with E-state index in [0.29, 0.717) is 12.8 Å². The summed E-state index contributed by atoms with van der Waals surface area (Å²) < 4.78 is 45.1. The zero-order valence-electron chi connectivity index (χ0n) is 13.2. The third-order valence-corrected chi connectivity index (χ3v) is 3.49. The molecule has 0 saturated carbocycles. The van der Waals surface area contributed by atoms with Gasteiger partial charge in [-0.1, -0.05) is 31.3 Å². The van der Waals surface area contributed by atoms with Gasteiger partial charge in [-0.05, 0) is 25.0 Å². The van der Waals surface area contributed by atoms with Gasteiger partial charge in [0.2, 0.25) is 5.88 Å². The number of amides is 1. The number of alkyl halides is 3. The van der Waals surface area contributed by atoms with Crippen LogP contribution >= 0.6 is 0 Å². The Morgan fingerprint density at radius 1 is 1.25 bits per heavy atom. The molecule has 8 heteroatoms. The Kier molecular flexibility index (Phi) is 5.94. The highest BCUT2D eigenvalue weighted by Gasteiger charge is 2.46. The lowest BCUT2D eigenvalue weighted by Crippen LogP contribution is -2.43. The van der Waals surface area contributed by atoms with Crippen LogP contribution in [0.2, 0.25) is 0 Å². The maximum absolute atomic E-state index is 13.4. The summed E-state index contributed by atoms with van der Waals surface area (Å²) in [4.78, 5) is 15.7. The van der Waals surface area contributed by atoms with Gasteiger partial charge >= 0.3 is 6.30 Å². The lowest BCUT2D eigenvalue weighted by molar-refractivity contribution is -0.124. The molecular formula is C16H18F3N3O2. The zero-order chi connectivity index (χ0) is 17.6. The molecular weight excluding hydrogens is 323 g/mol. The molecule has 0 saturated heterocycles. The van der Waals surface area contributed by atoms with Crippen molar-refractivity contribution in [2.24, 2.45) is 0 Å². The fourth-order valence-electron chi connectivity index (χ4n) is 2.29. The Morgan fingerprint density at radius 3 is 2.67 bits per heavy atom. The molecule has 0 aromatic carbocycles. The van der Waals surface area contributed by atoms with Crippen molar-refractivity contribution in [1.29, 1.82) is 0 Å². The number of anilines is 1. The summed E-state index contributed by atoms with van der Waals surface area (Å²) in [6.45, 7) is 2.04.